The maximum Gasteiger partial charge on any atom is 0.0928 e. The number of nitrogens with zero attached hydrogens (tertiary/aromatic N) is 2. The van der Waals surface area contributed by atoms with Crippen molar-refractivity contribution in [3.8, 4) is 0 Å². The molecule has 4 heteroatoms. The fourth-order valence-electron chi connectivity index (χ4n) is 2.25. The van der Waals surface area contributed by atoms with Crippen LogP contribution in [-0.2, 0) is 6.42 Å². The van der Waals surface area contributed by atoms with Gasteiger partial charge in [0.2, 0.25) is 0 Å². The summed E-state index contributed by atoms with van der Waals surface area (Å²) >= 11 is 1.82. The van der Waals surface area contributed by atoms with Gasteiger partial charge in [0.25, 0.3) is 0 Å². The monoisotopic (exact) mass is 253 g/mol. The lowest BCUT2D eigenvalue weighted by molar-refractivity contribution is 0.229. The summed E-state index contributed by atoms with van der Waals surface area (Å²) < 4.78 is 0. The van der Waals surface area contributed by atoms with Gasteiger partial charge in [0, 0.05) is 44.0 Å². The molecule has 1 atom stereocenters. The van der Waals surface area contributed by atoms with E-state index in [1.54, 1.807) is 0 Å². The number of thiazole rings is 1. The van der Waals surface area contributed by atoms with Gasteiger partial charge in [0.15, 0.2) is 0 Å². The van der Waals surface area contributed by atoms with Crippen LogP contribution in [0.2, 0.25) is 0 Å². The predicted octanol–water partition coefficient (Wildman–Crippen LogP) is 2.10. The molecule has 0 bridgehead atoms. The fraction of sp³-hybridized carbons (Fsp3) is 0.769. The van der Waals surface area contributed by atoms with Crippen LogP contribution in [-0.4, -0.2) is 42.6 Å². The largest absolute Gasteiger partial charge is 0.314 e. The fourth-order valence-corrected chi connectivity index (χ4v) is 3.28. The molecule has 1 N–H and O–H groups in total. The number of nitrogens with one attached hydrogen (secondary N) is 1. The first-order valence-corrected chi connectivity index (χ1v) is 7.55. The van der Waals surface area contributed by atoms with Gasteiger partial charge in [-0.2, -0.15) is 0 Å². The lowest BCUT2D eigenvalue weighted by atomic mass is 10.1. The van der Waals surface area contributed by atoms with Gasteiger partial charge >= 0.3 is 0 Å². The van der Waals surface area contributed by atoms with E-state index in [1.165, 1.54) is 30.2 Å². The highest BCUT2D eigenvalue weighted by atomic mass is 32.1. The number of hydrogen-bond acceptors (Lipinski definition) is 4. The molecule has 1 aliphatic heterocycles. The Morgan fingerprint density at radius 3 is 2.94 bits per heavy atom. The van der Waals surface area contributed by atoms with Crippen molar-refractivity contribution >= 4 is 11.3 Å². The molecular formula is C13H23N3S. The third-order valence-electron chi connectivity index (χ3n) is 3.28. The highest BCUT2D eigenvalue weighted by molar-refractivity contribution is 7.09. The lowest BCUT2D eigenvalue weighted by Crippen LogP contribution is -2.44. The van der Waals surface area contributed by atoms with Crippen LogP contribution in [0, 0.1) is 0 Å². The average molecular weight is 253 g/mol. The van der Waals surface area contributed by atoms with Gasteiger partial charge in [-0.25, -0.2) is 4.98 Å². The second-order valence-electron chi connectivity index (χ2n) is 4.87. The van der Waals surface area contributed by atoms with E-state index < -0.39 is 0 Å². The van der Waals surface area contributed by atoms with Gasteiger partial charge < -0.3 is 10.2 Å². The minimum Gasteiger partial charge on any atom is -0.314 e. The van der Waals surface area contributed by atoms with Crippen molar-refractivity contribution in [2.24, 2.45) is 0 Å². The van der Waals surface area contributed by atoms with Crippen molar-refractivity contribution in [3.05, 3.63) is 16.1 Å². The van der Waals surface area contributed by atoms with E-state index in [4.69, 9.17) is 4.98 Å². The first-order chi connectivity index (χ1) is 8.29. The van der Waals surface area contributed by atoms with Gasteiger partial charge in [0.1, 0.15) is 0 Å². The smallest absolute Gasteiger partial charge is 0.0928 e. The zero-order valence-electron chi connectivity index (χ0n) is 10.9. The molecule has 96 valence electrons. The van der Waals surface area contributed by atoms with Crippen LogP contribution in [0.4, 0.5) is 0 Å². The normalized spacial score (nSPS) is 19.4. The number of aromatic nitrogens is 1. The van der Waals surface area contributed by atoms with E-state index in [1.807, 2.05) is 11.3 Å². The Kier molecular flexibility index (Phi) is 4.95. The average Bonchev–Trinajstić information content (AvgIpc) is 2.79. The standard InChI is InChI=1S/C13H23N3S/c1-3-4-13-15-12(10-17-13)11(2)9-16-7-5-14-6-8-16/h10-11,14H,3-9H2,1-2H3. The van der Waals surface area contributed by atoms with Crippen molar-refractivity contribution in [1.82, 2.24) is 15.2 Å². The Hall–Kier alpha value is -0.450. The minimum atomic E-state index is 0.565. The molecule has 3 nitrogen and oxygen atoms in total. The van der Waals surface area contributed by atoms with Crippen molar-refractivity contribution < 1.29 is 0 Å². The summed E-state index contributed by atoms with van der Waals surface area (Å²) in [5.74, 6) is 0.565. The van der Waals surface area contributed by atoms with Crippen LogP contribution in [0.3, 0.4) is 0 Å². The molecule has 0 aromatic carbocycles. The number of aryl methyl sites for hydroxylation is 1. The van der Waals surface area contributed by atoms with Crippen LogP contribution < -0.4 is 5.32 Å². The molecule has 1 aliphatic rings. The summed E-state index contributed by atoms with van der Waals surface area (Å²) in [6, 6.07) is 0. The van der Waals surface area contributed by atoms with Gasteiger partial charge in [-0.15, -0.1) is 11.3 Å². The van der Waals surface area contributed by atoms with Crippen molar-refractivity contribution in [3.63, 3.8) is 0 Å². The molecule has 1 unspecified atom stereocenters. The Morgan fingerprint density at radius 1 is 1.47 bits per heavy atom. The van der Waals surface area contributed by atoms with E-state index in [2.05, 4.69) is 29.4 Å². The van der Waals surface area contributed by atoms with E-state index in [0.717, 1.165) is 26.1 Å². The predicted molar refractivity (Wildman–Crippen MR) is 73.8 cm³/mol. The van der Waals surface area contributed by atoms with E-state index in [9.17, 15) is 0 Å². The molecule has 2 heterocycles. The lowest BCUT2D eigenvalue weighted by Gasteiger charge is -2.29. The van der Waals surface area contributed by atoms with Crippen LogP contribution in [0.25, 0.3) is 0 Å². The van der Waals surface area contributed by atoms with Gasteiger partial charge in [-0.1, -0.05) is 13.8 Å². The van der Waals surface area contributed by atoms with Crippen molar-refractivity contribution in [2.45, 2.75) is 32.6 Å². The van der Waals surface area contributed by atoms with Gasteiger partial charge in [-0.05, 0) is 12.8 Å². The number of piperazine rings is 1. The molecule has 0 spiro atoms. The third-order valence-corrected chi connectivity index (χ3v) is 4.21. The zero-order chi connectivity index (χ0) is 12.1. The molecular weight excluding hydrogens is 230 g/mol. The highest BCUT2D eigenvalue weighted by Gasteiger charge is 2.16. The van der Waals surface area contributed by atoms with E-state index >= 15 is 0 Å². The van der Waals surface area contributed by atoms with Crippen LogP contribution >= 0.6 is 11.3 Å². The molecule has 17 heavy (non-hydrogen) atoms. The zero-order valence-corrected chi connectivity index (χ0v) is 11.7. The van der Waals surface area contributed by atoms with Crippen LogP contribution in [0.15, 0.2) is 5.38 Å². The summed E-state index contributed by atoms with van der Waals surface area (Å²) in [6.45, 7) is 10.3. The Balaban J connectivity index is 1.86. The summed E-state index contributed by atoms with van der Waals surface area (Å²) in [6.07, 6.45) is 2.32. The summed E-state index contributed by atoms with van der Waals surface area (Å²) in [5.41, 5.74) is 1.29. The van der Waals surface area contributed by atoms with E-state index in [-0.39, 0.29) is 0 Å². The van der Waals surface area contributed by atoms with Crippen LogP contribution in [0.1, 0.15) is 36.9 Å². The minimum absolute atomic E-state index is 0.565. The quantitative estimate of drug-likeness (QED) is 0.871. The first-order valence-electron chi connectivity index (χ1n) is 6.67. The Labute approximate surface area is 108 Å². The van der Waals surface area contributed by atoms with Gasteiger partial charge in [0.05, 0.1) is 10.7 Å². The topological polar surface area (TPSA) is 28.2 Å². The third kappa shape index (κ3) is 3.76. The molecule has 1 fully saturated rings. The second kappa shape index (κ2) is 6.47. The summed E-state index contributed by atoms with van der Waals surface area (Å²) in [5, 5.41) is 6.94. The molecule has 0 aliphatic carbocycles. The maximum absolute atomic E-state index is 4.74. The molecule has 0 radical (unpaired) electrons. The molecule has 2 rings (SSSR count). The second-order valence-corrected chi connectivity index (χ2v) is 5.81. The van der Waals surface area contributed by atoms with E-state index in [0.29, 0.717) is 5.92 Å². The van der Waals surface area contributed by atoms with Crippen LogP contribution in [0.5, 0.6) is 0 Å². The summed E-state index contributed by atoms with van der Waals surface area (Å²) in [4.78, 5) is 7.28. The van der Waals surface area contributed by atoms with Gasteiger partial charge in [-0.3, -0.25) is 0 Å². The molecule has 1 saturated heterocycles. The molecule has 1 aromatic rings. The Bertz CT molecular complexity index is 331. The highest BCUT2D eigenvalue weighted by Crippen LogP contribution is 2.20. The molecule has 1 aromatic heterocycles. The maximum atomic E-state index is 4.74. The Morgan fingerprint density at radius 2 is 2.24 bits per heavy atom. The number of hydrogen-bond donors (Lipinski definition) is 1. The molecule has 0 amide bonds. The van der Waals surface area contributed by atoms with Crippen molar-refractivity contribution in [2.75, 3.05) is 32.7 Å². The first kappa shape index (κ1) is 13.0. The van der Waals surface area contributed by atoms with Crippen molar-refractivity contribution in [1.29, 1.82) is 0 Å². The summed E-state index contributed by atoms with van der Waals surface area (Å²) in [7, 11) is 0. The number of rotatable bonds is 5. The molecule has 0 saturated carbocycles. The SMILES string of the molecule is CCCc1nc(C(C)CN2CCNCC2)cs1.